The molecule has 5 heteroatoms. The van der Waals surface area contributed by atoms with Crippen LogP contribution in [0.2, 0.25) is 0 Å². The minimum Gasteiger partial charge on any atom is -0.512 e. The van der Waals surface area contributed by atoms with Crippen LogP contribution in [0, 0.1) is 0 Å². The highest BCUT2D eigenvalue weighted by molar-refractivity contribution is 5.72. The van der Waals surface area contributed by atoms with Gasteiger partial charge in [0.15, 0.2) is 12.6 Å². The molecule has 0 bridgehead atoms. The van der Waals surface area contributed by atoms with E-state index < -0.39 is 17.6 Å². The van der Waals surface area contributed by atoms with E-state index in [1.54, 1.807) is 0 Å². The summed E-state index contributed by atoms with van der Waals surface area (Å²) in [5, 5.41) is 27.9. The third-order valence-electron chi connectivity index (χ3n) is 1.92. The second kappa shape index (κ2) is 2.93. The Morgan fingerprint density at radius 1 is 1.31 bits per heavy atom. The van der Waals surface area contributed by atoms with Gasteiger partial charge in [-0.25, -0.2) is 0 Å². The van der Waals surface area contributed by atoms with E-state index in [1.807, 2.05) is 0 Å². The smallest absolute Gasteiger partial charge is 0.155 e. The van der Waals surface area contributed by atoms with Crippen LogP contribution in [0.5, 0.6) is 0 Å². The summed E-state index contributed by atoms with van der Waals surface area (Å²) in [6.07, 6.45) is 0.628. The number of hydrogen-bond acceptors (Lipinski definition) is 5. The normalized spacial score (nSPS) is 39.4. The second-order valence-corrected chi connectivity index (χ2v) is 3.32. The van der Waals surface area contributed by atoms with Gasteiger partial charge in [0.25, 0.3) is 0 Å². The van der Waals surface area contributed by atoms with Gasteiger partial charge in [0, 0.05) is 12.8 Å². The van der Waals surface area contributed by atoms with E-state index in [1.165, 1.54) is 0 Å². The number of hydrogen-bond donors (Lipinski definition) is 3. The van der Waals surface area contributed by atoms with Crippen LogP contribution in [0.25, 0.3) is 0 Å². The van der Waals surface area contributed by atoms with E-state index in [0.717, 1.165) is 6.08 Å². The van der Waals surface area contributed by atoms with Crippen molar-refractivity contribution >= 4 is 12.6 Å². The molecule has 1 rings (SSSR count). The summed E-state index contributed by atoms with van der Waals surface area (Å²) in [7, 11) is 0. The molecule has 3 N–H and O–H groups in total. The van der Waals surface area contributed by atoms with Crippen molar-refractivity contribution in [2.75, 3.05) is 0 Å². The monoisotopic (exact) mass is 186 g/mol. The van der Waals surface area contributed by atoms with Gasteiger partial charge < -0.3 is 20.1 Å². The van der Waals surface area contributed by atoms with Gasteiger partial charge in [-0.3, -0.25) is 4.79 Å². The molecular weight excluding hydrogens is 176 g/mol. The molecule has 0 fully saturated rings. The summed E-state index contributed by atoms with van der Waals surface area (Å²) in [5.74, 6) is -0.365. The van der Waals surface area contributed by atoms with Crippen molar-refractivity contribution in [1.29, 1.82) is 0 Å². The van der Waals surface area contributed by atoms with Crippen molar-refractivity contribution in [3.05, 3.63) is 11.8 Å². The molecule has 0 aromatic carbocycles. The van der Waals surface area contributed by atoms with Gasteiger partial charge in [0.2, 0.25) is 0 Å². The van der Waals surface area contributed by atoms with Gasteiger partial charge >= 0.3 is 0 Å². The minimum absolute atomic E-state index is 0.177. The Morgan fingerprint density at radius 2 is 1.92 bits per heavy atom. The summed E-state index contributed by atoms with van der Waals surface area (Å²) >= 11 is 0. The zero-order valence-corrected chi connectivity index (χ0v) is 6.80. The molecule has 0 aliphatic heterocycles. The van der Waals surface area contributed by atoms with Crippen LogP contribution < -0.4 is 0 Å². The highest BCUT2D eigenvalue weighted by atomic mass is 16.3. The fraction of sp³-hybridized carbons (Fsp3) is 0.500. The van der Waals surface area contributed by atoms with Gasteiger partial charge in [-0.1, -0.05) is 0 Å². The van der Waals surface area contributed by atoms with Gasteiger partial charge in [-0.2, -0.15) is 0 Å². The van der Waals surface area contributed by atoms with Crippen molar-refractivity contribution < 1.29 is 24.9 Å². The SMILES string of the molecule is O=CC1(O)C=C(O)CC(O)(C=O)C1. The molecule has 0 heterocycles. The summed E-state index contributed by atoms with van der Waals surface area (Å²) in [4.78, 5) is 20.8. The number of carbonyl (C=O) groups excluding carboxylic acids is 2. The highest BCUT2D eigenvalue weighted by Crippen LogP contribution is 2.30. The number of rotatable bonds is 2. The molecule has 0 saturated heterocycles. The molecule has 1 aliphatic carbocycles. The Balaban J connectivity index is 3.02. The summed E-state index contributed by atoms with van der Waals surface area (Å²) in [6.45, 7) is 0. The number of aliphatic hydroxyl groups is 3. The zero-order chi connectivity index (χ0) is 10.1. The average molecular weight is 186 g/mol. The first-order chi connectivity index (χ1) is 5.93. The Morgan fingerprint density at radius 3 is 2.38 bits per heavy atom. The molecule has 0 spiro atoms. The standard InChI is InChI=1S/C8H10O5/c9-4-7(12)1-6(11)2-8(13,3-7)5-10/h1,4-5,11-13H,2-3H2. The summed E-state index contributed by atoms with van der Waals surface area (Å²) in [5.41, 5.74) is -3.80. The van der Waals surface area contributed by atoms with Crippen LogP contribution >= 0.6 is 0 Å². The maximum atomic E-state index is 10.4. The maximum absolute atomic E-state index is 10.4. The lowest BCUT2D eigenvalue weighted by atomic mass is 9.80. The largest absolute Gasteiger partial charge is 0.512 e. The van der Waals surface area contributed by atoms with E-state index in [9.17, 15) is 19.8 Å². The van der Waals surface area contributed by atoms with E-state index in [2.05, 4.69) is 0 Å². The van der Waals surface area contributed by atoms with Crippen molar-refractivity contribution in [3.63, 3.8) is 0 Å². The lowest BCUT2D eigenvalue weighted by Crippen LogP contribution is -2.46. The molecule has 1 aliphatic rings. The first-order valence-electron chi connectivity index (χ1n) is 3.71. The first-order valence-corrected chi connectivity index (χ1v) is 3.71. The van der Waals surface area contributed by atoms with Crippen LogP contribution in [-0.2, 0) is 9.59 Å². The van der Waals surface area contributed by atoms with Gasteiger partial charge in [0.1, 0.15) is 11.2 Å². The minimum atomic E-state index is -1.95. The Kier molecular flexibility index (Phi) is 2.23. The van der Waals surface area contributed by atoms with Gasteiger partial charge in [0.05, 0.1) is 5.76 Å². The molecule has 72 valence electrons. The lowest BCUT2D eigenvalue weighted by Gasteiger charge is -2.32. The molecule has 0 amide bonds. The number of carbonyl (C=O) groups is 2. The zero-order valence-electron chi connectivity index (χ0n) is 6.80. The molecule has 13 heavy (non-hydrogen) atoms. The number of aliphatic hydroxyl groups excluding tert-OH is 1. The van der Waals surface area contributed by atoms with Crippen molar-refractivity contribution in [2.24, 2.45) is 0 Å². The Labute approximate surface area is 74.3 Å². The predicted octanol–water partition coefficient (Wildman–Crippen LogP) is -0.918. The lowest BCUT2D eigenvalue weighted by molar-refractivity contribution is -0.138. The summed E-state index contributed by atoms with van der Waals surface area (Å²) < 4.78 is 0. The summed E-state index contributed by atoms with van der Waals surface area (Å²) in [6, 6.07) is 0. The van der Waals surface area contributed by atoms with Gasteiger partial charge in [-0.15, -0.1) is 0 Å². The van der Waals surface area contributed by atoms with E-state index >= 15 is 0 Å². The second-order valence-electron chi connectivity index (χ2n) is 3.32. The Bertz CT molecular complexity index is 272. The number of aldehydes is 2. The first kappa shape index (κ1) is 9.88. The van der Waals surface area contributed by atoms with E-state index in [4.69, 9.17) is 5.11 Å². The highest BCUT2D eigenvalue weighted by Gasteiger charge is 2.42. The molecule has 0 aromatic rings. The van der Waals surface area contributed by atoms with Crippen molar-refractivity contribution in [2.45, 2.75) is 24.0 Å². The van der Waals surface area contributed by atoms with Crippen molar-refractivity contribution in [1.82, 2.24) is 0 Å². The Hall–Kier alpha value is -1.20. The molecule has 2 atom stereocenters. The third kappa shape index (κ3) is 1.93. The van der Waals surface area contributed by atoms with Crippen LogP contribution in [-0.4, -0.2) is 39.1 Å². The molecule has 0 radical (unpaired) electrons. The van der Waals surface area contributed by atoms with Crippen LogP contribution in [0.4, 0.5) is 0 Å². The molecule has 5 nitrogen and oxygen atoms in total. The molecule has 0 saturated carbocycles. The van der Waals surface area contributed by atoms with Gasteiger partial charge in [-0.05, 0) is 6.08 Å². The predicted molar refractivity (Wildman–Crippen MR) is 42.0 cm³/mol. The topological polar surface area (TPSA) is 94.8 Å². The fourth-order valence-electron chi connectivity index (χ4n) is 1.42. The van der Waals surface area contributed by atoms with Crippen LogP contribution in [0.1, 0.15) is 12.8 Å². The maximum Gasteiger partial charge on any atom is 0.155 e. The molecular formula is C8H10O5. The van der Waals surface area contributed by atoms with Crippen LogP contribution in [0.15, 0.2) is 11.8 Å². The van der Waals surface area contributed by atoms with Crippen LogP contribution in [0.3, 0.4) is 0 Å². The average Bonchev–Trinajstić information content (AvgIpc) is 2.02. The molecule has 0 aromatic heterocycles. The third-order valence-corrected chi connectivity index (χ3v) is 1.92. The van der Waals surface area contributed by atoms with E-state index in [-0.39, 0.29) is 24.8 Å². The fourth-order valence-corrected chi connectivity index (χ4v) is 1.42. The van der Waals surface area contributed by atoms with Crippen molar-refractivity contribution in [3.8, 4) is 0 Å². The molecule has 2 unspecified atom stereocenters. The van der Waals surface area contributed by atoms with E-state index in [0.29, 0.717) is 0 Å². The quantitative estimate of drug-likeness (QED) is 0.485.